The highest BCUT2D eigenvalue weighted by Crippen LogP contribution is 2.34. The lowest BCUT2D eigenvalue weighted by atomic mass is 9.89. The Bertz CT molecular complexity index is 1070. The number of fused-ring (bicyclic) bond motifs is 1. The van der Waals surface area contributed by atoms with Gasteiger partial charge in [0, 0.05) is 17.1 Å². The maximum absolute atomic E-state index is 12.8. The molecule has 6 nitrogen and oxygen atoms in total. The second-order valence-electron chi connectivity index (χ2n) is 7.24. The van der Waals surface area contributed by atoms with Crippen LogP contribution in [0.25, 0.3) is 10.9 Å². The first-order chi connectivity index (χ1) is 13.5. The molecule has 2 aromatic carbocycles. The van der Waals surface area contributed by atoms with Crippen LogP contribution >= 0.6 is 0 Å². The topological polar surface area (TPSA) is 71.6 Å². The zero-order valence-corrected chi connectivity index (χ0v) is 16.8. The van der Waals surface area contributed by atoms with E-state index in [0.717, 1.165) is 36.8 Å². The van der Waals surface area contributed by atoms with E-state index < -0.39 is 10.1 Å². The first-order valence-corrected chi connectivity index (χ1v) is 10.8. The summed E-state index contributed by atoms with van der Waals surface area (Å²) in [6, 6.07) is 11.6. The van der Waals surface area contributed by atoms with Crippen molar-refractivity contribution in [2.45, 2.75) is 23.7 Å². The van der Waals surface area contributed by atoms with Gasteiger partial charge in [-0.2, -0.15) is 8.42 Å². The monoisotopic (exact) mass is 400 g/mol. The average Bonchev–Trinajstić information content (AvgIpc) is 3.12. The van der Waals surface area contributed by atoms with Crippen LogP contribution in [0.2, 0.25) is 0 Å². The van der Waals surface area contributed by atoms with Crippen molar-refractivity contribution < 1.29 is 17.3 Å². The maximum Gasteiger partial charge on any atom is 0.339 e. The lowest BCUT2D eigenvalue weighted by molar-refractivity contribution is 0.256. The molecular weight excluding hydrogens is 376 g/mol. The zero-order chi connectivity index (χ0) is 19.7. The van der Waals surface area contributed by atoms with E-state index in [1.54, 1.807) is 49.6 Å². The van der Waals surface area contributed by atoms with Gasteiger partial charge in [-0.3, -0.25) is 0 Å². The fourth-order valence-corrected chi connectivity index (χ4v) is 4.70. The van der Waals surface area contributed by atoms with Crippen molar-refractivity contribution in [2.24, 2.45) is 0 Å². The molecule has 7 heteroatoms. The summed E-state index contributed by atoms with van der Waals surface area (Å²) in [7, 11) is -0.234. The predicted octanol–water partition coefficient (Wildman–Crippen LogP) is 3.75. The summed E-state index contributed by atoms with van der Waals surface area (Å²) in [4.78, 5) is 5.75. The van der Waals surface area contributed by atoms with Gasteiger partial charge in [-0.1, -0.05) is 0 Å². The van der Waals surface area contributed by atoms with Gasteiger partial charge in [-0.05, 0) is 86.9 Å². The summed E-state index contributed by atoms with van der Waals surface area (Å²) in [6.07, 6.45) is 4.16. The second kappa shape index (κ2) is 7.48. The number of nitrogens with one attached hydrogen (secondary N) is 1. The van der Waals surface area contributed by atoms with E-state index in [1.807, 2.05) is 6.20 Å². The van der Waals surface area contributed by atoms with E-state index in [1.165, 1.54) is 5.56 Å². The molecule has 4 rings (SSSR count). The number of hydrogen-bond acceptors (Lipinski definition) is 5. The van der Waals surface area contributed by atoms with E-state index in [9.17, 15) is 8.42 Å². The molecule has 0 aliphatic carbocycles. The number of likely N-dealkylation sites (tertiary alicyclic amines) is 1. The molecule has 2 heterocycles. The summed E-state index contributed by atoms with van der Waals surface area (Å²) >= 11 is 0. The van der Waals surface area contributed by atoms with Gasteiger partial charge in [-0.15, -0.1) is 0 Å². The van der Waals surface area contributed by atoms with E-state index >= 15 is 0 Å². The van der Waals surface area contributed by atoms with Crippen LogP contribution in [0.1, 0.15) is 24.3 Å². The molecule has 1 fully saturated rings. The normalized spacial score (nSPS) is 16.4. The molecule has 0 bridgehead atoms. The van der Waals surface area contributed by atoms with Crippen LogP contribution in [0.15, 0.2) is 53.6 Å². The van der Waals surface area contributed by atoms with Crippen molar-refractivity contribution >= 4 is 21.0 Å². The molecule has 0 unspecified atom stereocenters. The third-order valence-corrected chi connectivity index (χ3v) is 6.64. The molecule has 0 saturated carbocycles. The average molecular weight is 401 g/mol. The fraction of sp³-hybridized carbons (Fsp3) is 0.333. The number of hydrogen-bond donors (Lipinski definition) is 1. The molecular formula is C21H24N2O4S. The Labute approximate surface area is 165 Å². The number of methoxy groups -OCH3 is 1. The number of benzene rings is 2. The molecule has 1 N–H and O–H groups in total. The Morgan fingerprint density at radius 3 is 2.39 bits per heavy atom. The van der Waals surface area contributed by atoms with Crippen LogP contribution in [0, 0.1) is 0 Å². The van der Waals surface area contributed by atoms with Crippen molar-refractivity contribution in [1.82, 2.24) is 9.88 Å². The third kappa shape index (κ3) is 3.72. The maximum atomic E-state index is 12.8. The minimum atomic E-state index is -3.92. The van der Waals surface area contributed by atoms with E-state index in [4.69, 9.17) is 8.92 Å². The highest BCUT2D eigenvalue weighted by molar-refractivity contribution is 7.87. The minimum absolute atomic E-state index is 0.157. The van der Waals surface area contributed by atoms with Crippen molar-refractivity contribution in [3.63, 3.8) is 0 Å². The quantitative estimate of drug-likeness (QED) is 0.661. The molecule has 0 radical (unpaired) electrons. The number of ether oxygens (including phenoxy) is 1. The molecule has 148 valence electrons. The SMILES string of the molecule is COc1ccc(OS(=O)(=O)c2ccc3[nH]cc(C4CCN(C)CC4)c3c2)cc1. The van der Waals surface area contributed by atoms with E-state index in [-0.39, 0.29) is 10.6 Å². The van der Waals surface area contributed by atoms with Gasteiger partial charge in [0.1, 0.15) is 16.4 Å². The van der Waals surface area contributed by atoms with Crippen molar-refractivity contribution in [3.05, 3.63) is 54.2 Å². The van der Waals surface area contributed by atoms with Crippen LogP contribution in [0.4, 0.5) is 0 Å². The molecule has 1 aliphatic heterocycles. The number of piperidine rings is 1. The molecule has 1 aliphatic rings. The molecule has 0 spiro atoms. The van der Waals surface area contributed by atoms with Crippen LogP contribution in [-0.2, 0) is 10.1 Å². The van der Waals surface area contributed by atoms with Gasteiger partial charge < -0.3 is 18.8 Å². The Morgan fingerprint density at radius 1 is 1.04 bits per heavy atom. The largest absolute Gasteiger partial charge is 0.497 e. The Balaban J connectivity index is 1.63. The Hall–Kier alpha value is -2.51. The van der Waals surface area contributed by atoms with Gasteiger partial charge in [0.25, 0.3) is 0 Å². The van der Waals surface area contributed by atoms with Crippen LogP contribution < -0.4 is 8.92 Å². The van der Waals surface area contributed by atoms with Crippen molar-refractivity contribution in [3.8, 4) is 11.5 Å². The molecule has 0 amide bonds. The summed E-state index contributed by atoms with van der Waals surface area (Å²) in [6.45, 7) is 2.10. The van der Waals surface area contributed by atoms with Crippen LogP contribution in [0.5, 0.6) is 11.5 Å². The summed E-state index contributed by atoms with van der Waals surface area (Å²) < 4.78 is 36.0. The number of H-pyrrole nitrogens is 1. The summed E-state index contributed by atoms with van der Waals surface area (Å²) in [5.41, 5.74) is 2.13. The zero-order valence-electron chi connectivity index (χ0n) is 16.0. The molecule has 1 saturated heterocycles. The molecule has 1 aromatic heterocycles. The first kappa shape index (κ1) is 18.8. The summed E-state index contributed by atoms with van der Waals surface area (Å²) in [5.74, 6) is 1.33. The van der Waals surface area contributed by atoms with Gasteiger partial charge in [0.2, 0.25) is 0 Å². The van der Waals surface area contributed by atoms with Gasteiger partial charge >= 0.3 is 10.1 Å². The fourth-order valence-electron chi connectivity index (χ4n) is 3.74. The number of aromatic nitrogens is 1. The van der Waals surface area contributed by atoms with Crippen LogP contribution in [0.3, 0.4) is 0 Å². The highest BCUT2D eigenvalue weighted by atomic mass is 32.2. The van der Waals surface area contributed by atoms with Gasteiger partial charge in [0.15, 0.2) is 0 Å². The number of rotatable bonds is 5. The van der Waals surface area contributed by atoms with Crippen LogP contribution in [-0.4, -0.2) is 45.5 Å². The highest BCUT2D eigenvalue weighted by Gasteiger charge is 2.23. The smallest absolute Gasteiger partial charge is 0.339 e. The van der Waals surface area contributed by atoms with Crippen molar-refractivity contribution in [2.75, 3.05) is 27.2 Å². The Kier molecular flexibility index (Phi) is 5.03. The molecule has 3 aromatic rings. The van der Waals surface area contributed by atoms with E-state index in [2.05, 4.69) is 16.9 Å². The third-order valence-electron chi connectivity index (χ3n) is 5.40. The first-order valence-electron chi connectivity index (χ1n) is 9.34. The number of aromatic amines is 1. The number of nitrogens with zero attached hydrogens (tertiary/aromatic N) is 1. The lowest BCUT2D eigenvalue weighted by Gasteiger charge is -2.28. The lowest BCUT2D eigenvalue weighted by Crippen LogP contribution is -2.29. The summed E-state index contributed by atoms with van der Waals surface area (Å²) in [5, 5.41) is 0.953. The Morgan fingerprint density at radius 2 is 1.71 bits per heavy atom. The molecule has 28 heavy (non-hydrogen) atoms. The van der Waals surface area contributed by atoms with Crippen molar-refractivity contribution in [1.29, 1.82) is 0 Å². The van der Waals surface area contributed by atoms with Gasteiger partial charge in [0.05, 0.1) is 7.11 Å². The molecule has 0 atom stereocenters. The minimum Gasteiger partial charge on any atom is -0.497 e. The standard InChI is InChI=1S/C21H24N2O4S/c1-23-11-9-15(10-12-23)20-14-22-21-8-7-18(13-19(20)21)28(24,25)27-17-5-3-16(26-2)4-6-17/h3-8,13-15,22H,9-12H2,1-2H3. The second-order valence-corrected chi connectivity index (χ2v) is 8.79. The van der Waals surface area contributed by atoms with Gasteiger partial charge in [-0.25, -0.2) is 0 Å². The van der Waals surface area contributed by atoms with E-state index in [0.29, 0.717) is 11.7 Å². The predicted molar refractivity (Wildman–Crippen MR) is 109 cm³/mol.